The molecule has 230 valence electrons. The highest BCUT2D eigenvalue weighted by Crippen LogP contribution is 2.47. The third-order valence-corrected chi connectivity index (χ3v) is 9.63. The predicted molar refractivity (Wildman–Crippen MR) is 154 cm³/mol. The Morgan fingerprint density at radius 1 is 1.19 bits per heavy atom. The standard InChI is InChI=1S/C29H34FN5O7S/c1-4-24(25(36)34(16-18-5-7-20(30)8-6-18)22-12-14-33(17-22)43(3,40)41)35-26(37)29(42-28(35)39)13-11-19-15-21(9-10-23(19)29)32-27(38)31-2/h5-10,15,22,24H,4,11-14,16-17H2,1-3H3,(H2,31,32,38)/t22-,24?,29-/m1/s1. The molecule has 0 aromatic heterocycles. The van der Waals surface area contributed by atoms with Crippen molar-refractivity contribution in [3.63, 3.8) is 0 Å². The molecule has 2 N–H and O–H groups in total. The average molecular weight is 616 g/mol. The molecule has 1 spiro atoms. The fraction of sp³-hybridized carbons (Fsp3) is 0.448. The first-order valence-electron chi connectivity index (χ1n) is 14.1. The van der Waals surface area contributed by atoms with Gasteiger partial charge in [0.1, 0.15) is 11.9 Å². The normalized spacial score (nSPS) is 22.4. The Labute approximate surface area is 249 Å². The second kappa shape index (κ2) is 11.6. The number of rotatable bonds is 8. The summed E-state index contributed by atoms with van der Waals surface area (Å²) in [5.74, 6) is -1.62. The molecule has 2 aliphatic heterocycles. The number of sulfonamides is 1. The number of nitrogens with zero attached hydrogens (tertiary/aromatic N) is 3. The molecule has 2 aromatic rings. The van der Waals surface area contributed by atoms with Crippen LogP contribution in [-0.4, -0.2) is 84.9 Å². The summed E-state index contributed by atoms with van der Waals surface area (Å²) >= 11 is 0. The first-order valence-corrected chi connectivity index (χ1v) is 15.9. The van der Waals surface area contributed by atoms with Crippen LogP contribution in [0.2, 0.25) is 0 Å². The molecule has 3 atom stereocenters. The van der Waals surface area contributed by atoms with Crippen molar-refractivity contribution in [1.82, 2.24) is 19.4 Å². The zero-order valence-electron chi connectivity index (χ0n) is 24.1. The SMILES string of the molecule is CCC(C(=O)N(Cc1ccc(F)cc1)[C@@H]1CCN(S(C)(=O)=O)C1)N1C(=O)O[C@@]2(CCc3cc(NC(=O)NC)ccc32)C1=O. The maximum absolute atomic E-state index is 14.2. The lowest BCUT2D eigenvalue weighted by atomic mass is 9.94. The number of carbonyl (C=O) groups excluding carboxylic acids is 4. The van der Waals surface area contributed by atoms with E-state index in [0.29, 0.717) is 29.7 Å². The Morgan fingerprint density at radius 3 is 2.53 bits per heavy atom. The summed E-state index contributed by atoms with van der Waals surface area (Å²) in [7, 11) is -2.02. The summed E-state index contributed by atoms with van der Waals surface area (Å²) in [6.07, 6.45) is 1.22. The van der Waals surface area contributed by atoms with E-state index in [1.807, 2.05) is 0 Å². The van der Waals surface area contributed by atoms with Crippen molar-refractivity contribution >= 4 is 39.6 Å². The molecule has 5 rings (SSSR count). The van der Waals surface area contributed by atoms with Gasteiger partial charge in [0.15, 0.2) is 0 Å². The molecule has 0 radical (unpaired) electrons. The summed E-state index contributed by atoms with van der Waals surface area (Å²) in [5, 5.41) is 5.15. The van der Waals surface area contributed by atoms with Gasteiger partial charge in [0.25, 0.3) is 5.91 Å². The van der Waals surface area contributed by atoms with Gasteiger partial charge >= 0.3 is 12.1 Å². The fourth-order valence-corrected chi connectivity index (χ4v) is 7.01. The number of imide groups is 1. The number of urea groups is 1. The molecule has 2 fully saturated rings. The van der Waals surface area contributed by atoms with Crippen LogP contribution in [0, 0.1) is 5.82 Å². The summed E-state index contributed by atoms with van der Waals surface area (Å²) in [4.78, 5) is 55.7. The van der Waals surface area contributed by atoms with Crippen molar-refractivity contribution in [2.75, 3.05) is 31.7 Å². The van der Waals surface area contributed by atoms with Gasteiger partial charge in [-0.2, -0.15) is 0 Å². The molecule has 0 bridgehead atoms. The number of aryl methyl sites for hydroxylation is 1. The molecule has 0 saturated carbocycles. The molecular weight excluding hydrogens is 581 g/mol. The zero-order valence-corrected chi connectivity index (χ0v) is 24.9. The highest BCUT2D eigenvalue weighted by atomic mass is 32.2. The van der Waals surface area contributed by atoms with Gasteiger partial charge in [-0.15, -0.1) is 0 Å². The fourth-order valence-electron chi connectivity index (χ4n) is 6.13. The molecule has 2 heterocycles. The van der Waals surface area contributed by atoms with Gasteiger partial charge in [0.05, 0.1) is 6.26 Å². The number of ether oxygens (including phenoxy) is 1. The van der Waals surface area contributed by atoms with Gasteiger partial charge in [0, 0.05) is 50.4 Å². The van der Waals surface area contributed by atoms with Crippen molar-refractivity contribution in [1.29, 1.82) is 0 Å². The number of carbonyl (C=O) groups is 4. The van der Waals surface area contributed by atoms with Crippen LogP contribution in [0.3, 0.4) is 0 Å². The van der Waals surface area contributed by atoms with Crippen LogP contribution in [0.15, 0.2) is 42.5 Å². The van der Waals surface area contributed by atoms with E-state index in [4.69, 9.17) is 4.74 Å². The topological polar surface area (TPSA) is 145 Å². The largest absolute Gasteiger partial charge is 0.427 e. The lowest BCUT2D eigenvalue weighted by Gasteiger charge is -2.34. The van der Waals surface area contributed by atoms with Gasteiger partial charge in [0.2, 0.25) is 21.5 Å². The van der Waals surface area contributed by atoms with Gasteiger partial charge in [-0.1, -0.05) is 25.1 Å². The van der Waals surface area contributed by atoms with E-state index < -0.39 is 57.5 Å². The Morgan fingerprint density at radius 2 is 1.91 bits per heavy atom. The molecule has 1 unspecified atom stereocenters. The molecule has 2 saturated heterocycles. The summed E-state index contributed by atoms with van der Waals surface area (Å²) in [6, 6.07) is 8.46. The number of hydrogen-bond donors (Lipinski definition) is 2. The Bertz CT molecular complexity index is 1570. The van der Waals surface area contributed by atoms with Crippen LogP contribution >= 0.6 is 0 Å². The van der Waals surface area contributed by atoms with Crippen molar-refractivity contribution in [2.45, 2.75) is 56.8 Å². The van der Waals surface area contributed by atoms with E-state index in [1.54, 1.807) is 25.1 Å². The summed E-state index contributed by atoms with van der Waals surface area (Å²) in [5.41, 5.74) is 0.775. The lowest BCUT2D eigenvalue weighted by Crippen LogP contribution is -2.54. The van der Waals surface area contributed by atoms with E-state index in [0.717, 1.165) is 16.7 Å². The van der Waals surface area contributed by atoms with Crippen molar-refractivity contribution in [3.8, 4) is 0 Å². The molecule has 1 aliphatic carbocycles. The average Bonchev–Trinajstić information content (AvgIpc) is 3.66. The van der Waals surface area contributed by atoms with E-state index in [-0.39, 0.29) is 32.5 Å². The van der Waals surface area contributed by atoms with Gasteiger partial charge in [-0.3, -0.25) is 9.59 Å². The number of nitrogens with one attached hydrogen (secondary N) is 2. The first kappa shape index (κ1) is 30.4. The van der Waals surface area contributed by atoms with E-state index in [2.05, 4.69) is 10.6 Å². The number of anilines is 1. The van der Waals surface area contributed by atoms with Crippen molar-refractivity contribution < 1.29 is 36.7 Å². The minimum atomic E-state index is -3.51. The number of benzene rings is 2. The molecule has 2 aromatic carbocycles. The maximum atomic E-state index is 14.2. The lowest BCUT2D eigenvalue weighted by molar-refractivity contribution is -0.147. The van der Waals surface area contributed by atoms with Gasteiger partial charge in [-0.25, -0.2) is 31.6 Å². The molecule has 12 nitrogen and oxygen atoms in total. The molecular formula is C29H34FN5O7S. The van der Waals surface area contributed by atoms with Gasteiger partial charge in [-0.05, 0) is 54.7 Å². The summed E-state index contributed by atoms with van der Waals surface area (Å²) in [6.45, 7) is 1.99. The molecule has 14 heteroatoms. The zero-order chi connectivity index (χ0) is 31.1. The predicted octanol–water partition coefficient (Wildman–Crippen LogP) is 2.54. The van der Waals surface area contributed by atoms with Crippen LogP contribution in [0.25, 0.3) is 0 Å². The van der Waals surface area contributed by atoms with E-state index in [9.17, 15) is 32.0 Å². The number of hydrogen-bond acceptors (Lipinski definition) is 7. The maximum Gasteiger partial charge on any atom is 0.418 e. The number of amides is 5. The van der Waals surface area contributed by atoms with E-state index in [1.165, 1.54) is 40.5 Å². The molecule has 3 aliphatic rings. The Balaban J connectivity index is 1.44. The quantitative estimate of drug-likeness (QED) is 0.464. The molecule has 5 amide bonds. The van der Waals surface area contributed by atoms with E-state index >= 15 is 0 Å². The summed E-state index contributed by atoms with van der Waals surface area (Å²) < 4.78 is 45.1. The minimum Gasteiger partial charge on any atom is -0.427 e. The highest BCUT2D eigenvalue weighted by molar-refractivity contribution is 7.88. The van der Waals surface area contributed by atoms with Crippen LogP contribution in [0.5, 0.6) is 0 Å². The number of fused-ring (bicyclic) bond motifs is 2. The van der Waals surface area contributed by atoms with Crippen LogP contribution in [0.1, 0.15) is 42.9 Å². The molecule has 43 heavy (non-hydrogen) atoms. The van der Waals surface area contributed by atoms with Crippen LogP contribution in [0.4, 0.5) is 19.7 Å². The monoisotopic (exact) mass is 615 g/mol. The smallest absolute Gasteiger partial charge is 0.418 e. The first-order chi connectivity index (χ1) is 20.4. The third kappa shape index (κ3) is 5.68. The Hall–Kier alpha value is -4.04. The highest BCUT2D eigenvalue weighted by Gasteiger charge is 2.60. The third-order valence-electron chi connectivity index (χ3n) is 8.36. The minimum absolute atomic E-state index is 0.0318. The van der Waals surface area contributed by atoms with Crippen LogP contribution in [-0.2, 0) is 42.9 Å². The van der Waals surface area contributed by atoms with Crippen LogP contribution < -0.4 is 10.6 Å². The van der Waals surface area contributed by atoms with Gasteiger partial charge < -0.3 is 20.3 Å². The second-order valence-corrected chi connectivity index (χ2v) is 13.0. The van der Waals surface area contributed by atoms with Crippen molar-refractivity contribution in [2.24, 2.45) is 0 Å². The second-order valence-electron chi connectivity index (χ2n) is 11.0. The van der Waals surface area contributed by atoms with Crippen molar-refractivity contribution in [3.05, 3.63) is 65.0 Å². The number of halogens is 1. The Kier molecular flexibility index (Phi) is 8.18.